The van der Waals surface area contributed by atoms with Crippen molar-refractivity contribution in [3.05, 3.63) is 59.7 Å². The van der Waals surface area contributed by atoms with Gasteiger partial charge in [0, 0.05) is 12.0 Å². The van der Waals surface area contributed by atoms with Crippen molar-refractivity contribution >= 4 is 18.0 Å². The number of carbonyl (C=O) groups excluding carboxylic acids is 2. The lowest BCUT2D eigenvalue weighted by Crippen LogP contribution is -2.59. The molecule has 3 N–H and O–H groups in total. The van der Waals surface area contributed by atoms with Crippen LogP contribution >= 0.6 is 0 Å². The SMILES string of the molecule is O=C(O)CC(NC(=O)OCC1c2ccccc2-c2ccccc21)C(=O)NC1CCC12CCCCC2. The van der Waals surface area contributed by atoms with E-state index >= 15 is 0 Å². The van der Waals surface area contributed by atoms with E-state index in [1.165, 1.54) is 19.3 Å². The molecule has 35 heavy (non-hydrogen) atoms. The van der Waals surface area contributed by atoms with Crippen molar-refractivity contribution in [2.24, 2.45) is 5.41 Å². The second-order valence-corrected chi connectivity index (χ2v) is 10.1. The van der Waals surface area contributed by atoms with Gasteiger partial charge in [0.15, 0.2) is 0 Å². The molecule has 0 bridgehead atoms. The van der Waals surface area contributed by atoms with Crippen LogP contribution in [-0.2, 0) is 14.3 Å². The van der Waals surface area contributed by atoms with Gasteiger partial charge in [-0.05, 0) is 53.4 Å². The van der Waals surface area contributed by atoms with Crippen molar-refractivity contribution in [1.82, 2.24) is 10.6 Å². The molecule has 2 aromatic rings. The summed E-state index contributed by atoms with van der Waals surface area (Å²) in [6.07, 6.45) is 6.49. The first-order valence-electron chi connectivity index (χ1n) is 12.6. The van der Waals surface area contributed by atoms with Crippen LogP contribution in [0.3, 0.4) is 0 Å². The Morgan fingerprint density at radius 2 is 1.57 bits per heavy atom. The number of carboxylic acids is 1. The second-order valence-electron chi connectivity index (χ2n) is 10.1. The third-order valence-corrected chi connectivity index (χ3v) is 8.17. The van der Waals surface area contributed by atoms with Crippen LogP contribution in [0.2, 0.25) is 0 Å². The largest absolute Gasteiger partial charge is 0.481 e. The molecule has 3 aliphatic rings. The molecule has 2 atom stereocenters. The maximum atomic E-state index is 13.0. The molecular weight excluding hydrogens is 444 g/mol. The fourth-order valence-electron chi connectivity index (χ4n) is 6.22. The van der Waals surface area contributed by atoms with E-state index < -0.39 is 30.4 Å². The quantitative estimate of drug-likeness (QED) is 0.542. The fraction of sp³-hybridized carbons (Fsp3) is 0.464. The normalized spacial score (nSPS) is 20.7. The number of fused-ring (bicyclic) bond motifs is 3. The van der Waals surface area contributed by atoms with Crippen LogP contribution < -0.4 is 10.6 Å². The lowest BCUT2D eigenvalue weighted by atomic mass is 9.57. The minimum absolute atomic E-state index is 0.0518. The number of rotatable bonds is 7. The summed E-state index contributed by atoms with van der Waals surface area (Å²) in [6.45, 7) is 0.104. The van der Waals surface area contributed by atoms with E-state index in [4.69, 9.17) is 4.74 Å². The fourth-order valence-corrected chi connectivity index (χ4v) is 6.22. The second kappa shape index (κ2) is 9.72. The molecule has 1 spiro atoms. The lowest BCUT2D eigenvalue weighted by molar-refractivity contribution is -0.140. The van der Waals surface area contributed by atoms with Crippen LogP contribution in [0.5, 0.6) is 0 Å². The first-order valence-corrected chi connectivity index (χ1v) is 12.6. The van der Waals surface area contributed by atoms with Gasteiger partial charge in [-0.25, -0.2) is 4.79 Å². The maximum Gasteiger partial charge on any atom is 0.407 e. The summed E-state index contributed by atoms with van der Waals surface area (Å²) in [5.41, 5.74) is 4.56. The lowest BCUT2D eigenvalue weighted by Gasteiger charge is -2.52. The van der Waals surface area contributed by atoms with Gasteiger partial charge in [0.25, 0.3) is 0 Å². The van der Waals surface area contributed by atoms with Crippen molar-refractivity contribution in [2.45, 2.75) is 69.4 Å². The van der Waals surface area contributed by atoms with Gasteiger partial charge in [0.05, 0.1) is 6.42 Å². The van der Waals surface area contributed by atoms with Crippen molar-refractivity contribution in [3.63, 3.8) is 0 Å². The Bertz CT molecular complexity index is 1080. The predicted molar refractivity (Wildman–Crippen MR) is 131 cm³/mol. The minimum atomic E-state index is -1.18. The summed E-state index contributed by atoms with van der Waals surface area (Å²) in [7, 11) is 0. The molecule has 2 fully saturated rings. The summed E-state index contributed by atoms with van der Waals surface area (Å²) in [4.78, 5) is 37.1. The van der Waals surface area contributed by atoms with Gasteiger partial charge in [-0.3, -0.25) is 9.59 Å². The number of carboxylic acid groups (broad SMARTS) is 1. The molecule has 2 unspecified atom stereocenters. The number of benzene rings is 2. The van der Waals surface area contributed by atoms with Crippen molar-refractivity contribution < 1.29 is 24.2 Å². The molecule has 0 heterocycles. The highest BCUT2D eigenvalue weighted by atomic mass is 16.5. The van der Waals surface area contributed by atoms with Gasteiger partial charge in [-0.1, -0.05) is 67.8 Å². The summed E-state index contributed by atoms with van der Waals surface area (Å²) in [5, 5.41) is 14.9. The van der Waals surface area contributed by atoms with E-state index in [1.54, 1.807) is 0 Å². The molecule has 0 aliphatic heterocycles. The highest BCUT2D eigenvalue weighted by molar-refractivity contribution is 5.89. The molecule has 2 amide bonds. The van der Waals surface area contributed by atoms with E-state index in [2.05, 4.69) is 22.8 Å². The van der Waals surface area contributed by atoms with E-state index in [9.17, 15) is 19.5 Å². The number of aliphatic carboxylic acids is 1. The predicted octanol–water partition coefficient (Wildman–Crippen LogP) is 4.60. The summed E-state index contributed by atoms with van der Waals surface area (Å²) < 4.78 is 5.53. The number of nitrogens with one attached hydrogen (secondary N) is 2. The van der Waals surface area contributed by atoms with E-state index in [0.29, 0.717) is 0 Å². The van der Waals surface area contributed by atoms with Gasteiger partial charge in [-0.2, -0.15) is 0 Å². The topological polar surface area (TPSA) is 105 Å². The van der Waals surface area contributed by atoms with E-state index in [1.807, 2.05) is 36.4 Å². The average molecular weight is 477 g/mol. The molecular formula is C28H32N2O5. The smallest absolute Gasteiger partial charge is 0.407 e. The molecule has 0 saturated heterocycles. The van der Waals surface area contributed by atoms with Crippen LogP contribution in [0.15, 0.2) is 48.5 Å². The Morgan fingerprint density at radius 3 is 2.14 bits per heavy atom. The Kier molecular flexibility index (Phi) is 6.50. The number of alkyl carbamates (subject to hydrolysis) is 1. The van der Waals surface area contributed by atoms with Gasteiger partial charge in [-0.15, -0.1) is 0 Å². The number of hydrogen-bond donors (Lipinski definition) is 3. The molecule has 7 nitrogen and oxygen atoms in total. The summed E-state index contributed by atoms with van der Waals surface area (Å²) in [5.74, 6) is -1.71. The maximum absolute atomic E-state index is 13.0. The van der Waals surface area contributed by atoms with Crippen LogP contribution in [0.25, 0.3) is 11.1 Å². The van der Waals surface area contributed by atoms with Crippen LogP contribution in [0, 0.1) is 5.41 Å². The van der Waals surface area contributed by atoms with Crippen LogP contribution in [0.1, 0.15) is 68.4 Å². The highest BCUT2D eigenvalue weighted by Gasteiger charge is 2.48. The molecule has 0 radical (unpaired) electrons. The Hall–Kier alpha value is -3.35. The van der Waals surface area contributed by atoms with Crippen molar-refractivity contribution in [3.8, 4) is 11.1 Å². The monoisotopic (exact) mass is 476 g/mol. The van der Waals surface area contributed by atoms with Gasteiger partial charge in [0.1, 0.15) is 12.6 Å². The number of ether oxygens (including phenoxy) is 1. The number of amides is 2. The Balaban J connectivity index is 1.22. The first kappa shape index (κ1) is 23.4. The molecule has 3 aliphatic carbocycles. The number of carbonyl (C=O) groups is 3. The number of hydrogen-bond acceptors (Lipinski definition) is 4. The van der Waals surface area contributed by atoms with Gasteiger partial charge in [0.2, 0.25) is 5.91 Å². The zero-order valence-corrected chi connectivity index (χ0v) is 19.8. The first-order chi connectivity index (χ1) is 17.0. The zero-order valence-electron chi connectivity index (χ0n) is 19.8. The summed E-state index contributed by atoms with van der Waals surface area (Å²) >= 11 is 0. The molecule has 2 aromatic carbocycles. The third kappa shape index (κ3) is 4.64. The van der Waals surface area contributed by atoms with Gasteiger partial charge >= 0.3 is 12.1 Å². The van der Waals surface area contributed by atoms with Crippen molar-refractivity contribution in [2.75, 3.05) is 6.61 Å². The summed E-state index contributed by atoms with van der Waals surface area (Å²) in [6, 6.07) is 14.9. The highest BCUT2D eigenvalue weighted by Crippen LogP contribution is 2.51. The molecule has 2 saturated carbocycles. The third-order valence-electron chi connectivity index (χ3n) is 8.17. The van der Waals surface area contributed by atoms with E-state index in [-0.39, 0.29) is 24.0 Å². The molecule has 0 aromatic heterocycles. The molecule has 7 heteroatoms. The van der Waals surface area contributed by atoms with Crippen LogP contribution in [-0.4, -0.2) is 41.8 Å². The zero-order chi connectivity index (χ0) is 24.4. The average Bonchev–Trinajstić information content (AvgIpc) is 3.19. The van der Waals surface area contributed by atoms with Gasteiger partial charge < -0.3 is 20.5 Å². The molecule has 5 rings (SSSR count). The standard InChI is InChI=1S/C28H32N2O5/c31-25(32)16-23(26(33)30-24-12-15-28(24)13-6-1-7-14-28)29-27(34)35-17-22-20-10-4-2-8-18(20)19-9-3-5-11-21(19)22/h2-5,8-11,22-24H,1,6-7,12-17H2,(H,29,34)(H,30,33)(H,31,32). The van der Waals surface area contributed by atoms with Crippen LogP contribution in [0.4, 0.5) is 4.79 Å². The van der Waals surface area contributed by atoms with E-state index in [0.717, 1.165) is 47.9 Å². The Labute approximate surface area is 205 Å². The minimum Gasteiger partial charge on any atom is -0.481 e. The van der Waals surface area contributed by atoms with Crippen molar-refractivity contribution in [1.29, 1.82) is 0 Å². The Morgan fingerprint density at radius 1 is 0.943 bits per heavy atom. The molecule has 184 valence electrons.